The van der Waals surface area contributed by atoms with E-state index < -0.39 is 0 Å². The molecule has 2 heterocycles. The van der Waals surface area contributed by atoms with Crippen LogP contribution in [0.25, 0.3) is 0 Å². The molecule has 2 aromatic rings. The van der Waals surface area contributed by atoms with Gasteiger partial charge in [-0.05, 0) is 20.0 Å². The van der Waals surface area contributed by atoms with Gasteiger partial charge in [-0.3, -0.25) is 15.2 Å². The van der Waals surface area contributed by atoms with Crippen molar-refractivity contribution >= 4 is 22.4 Å². The number of H-pyrrole nitrogens is 1. The van der Waals surface area contributed by atoms with Crippen LogP contribution in [0.5, 0.6) is 0 Å². The average molecular weight is 251 g/mol. The monoisotopic (exact) mass is 251 g/mol. The molecular formula is C10H13N5OS. The van der Waals surface area contributed by atoms with E-state index in [1.807, 2.05) is 19.4 Å². The first-order valence-electron chi connectivity index (χ1n) is 5.14. The van der Waals surface area contributed by atoms with Gasteiger partial charge in [0.2, 0.25) is 0 Å². The predicted molar refractivity (Wildman–Crippen MR) is 66.1 cm³/mol. The van der Waals surface area contributed by atoms with Crippen LogP contribution in [-0.2, 0) is 0 Å². The molecule has 0 saturated carbocycles. The molecule has 0 radical (unpaired) electrons. The zero-order valence-electron chi connectivity index (χ0n) is 9.52. The average Bonchev–Trinajstić information content (AvgIpc) is 2.98. The number of thiazole rings is 1. The van der Waals surface area contributed by atoms with E-state index in [4.69, 9.17) is 0 Å². The predicted octanol–water partition coefficient (Wildman–Crippen LogP) is 1.40. The quantitative estimate of drug-likeness (QED) is 0.767. The van der Waals surface area contributed by atoms with Crippen LogP contribution in [0.2, 0.25) is 0 Å². The molecule has 17 heavy (non-hydrogen) atoms. The molecule has 0 saturated heterocycles. The fourth-order valence-corrected chi connectivity index (χ4v) is 2.04. The van der Waals surface area contributed by atoms with Gasteiger partial charge in [-0.15, -0.1) is 11.3 Å². The second-order valence-corrected chi connectivity index (χ2v) is 4.37. The van der Waals surface area contributed by atoms with Crippen molar-refractivity contribution in [1.82, 2.24) is 20.5 Å². The summed E-state index contributed by atoms with van der Waals surface area (Å²) in [7, 11) is 1.87. The van der Waals surface area contributed by atoms with Gasteiger partial charge in [-0.25, -0.2) is 4.98 Å². The minimum atomic E-state index is -0.236. The summed E-state index contributed by atoms with van der Waals surface area (Å²) in [6, 6.07) is 1.78. The maximum absolute atomic E-state index is 11.7. The van der Waals surface area contributed by atoms with Gasteiger partial charge in [-0.2, -0.15) is 5.10 Å². The van der Waals surface area contributed by atoms with Gasteiger partial charge in [-0.1, -0.05) is 0 Å². The molecule has 1 atom stereocenters. The molecule has 2 rings (SSSR count). The molecule has 0 fully saturated rings. The van der Waals surface area contributed by atoms with Crippen molar-refractivity contribution < 1.29 is 4.79 Å². The third-order valence-corrected chi connectivity index (χ3v) is 3.14. The highest BCUT2D eigenvalue weighted by Crippen LogP contribution is 2.20. The zero-order chi connectivity index (χ0) is 12.3. The van der Waals surface area contributed by atoms with E-state index in [1.165, 1.54) is 17.5 Å². The fourth-order valence-electron chi connectivity index (χ4n) is 1.24. The Balaban J connectivity index is 2.04. The Kier molecular flexibility index (Phi) is 3.50. The summed E-state index contributed by atoms with van der Waals surface area (Å²) in [5.41, 5.74) is 1.33. The van der Waals surface area contributed by atoms with Crippen LogP contribution < -0.4 is 10.6 Å². The van der Waals surface area contributed by atoms with Crippen molar-refractivity contribution in [3.63, 3.8) is 0 Å². The number of nitrogens with one attached hydrogen (secondary N) is 3. The van der Waals surface area contributed by atoms with Crippen LogP contribution in [-0.4, -0.2) is 28.1 Å². The van der Waals surface area contributed by atoms with E-state index in [-0.39, 0.29) is 11.9 Å². The van der Waals surface area contributed by atoms with Crippen molar-refractivity contribution in [1.29, 1.82) is 0 Å². The number of aromatic amines is 1. The summed E-state index contributed by atoms with van der Waals surface area (Å²) in [6.07, 6.45) is 1.53. The topological polar surface area (TPSA) is 82.7 Å². The summed E-state index contributed by atoms with van der Waals surface area (Å²) in [4.78, 5) is 16.0. The van der Waals surface area contributed by atoms with Crippen LogP contribution in [0.1, 0.15) is 29.1 Å². The molecule has 7 heteroatoms. The maximum Gasteiger partial charge on any atom is 0.275 e. The normalized spacial score (nSPS) is 12.4. The molecule has 1 amide bonds. The van der Waals surface area contributed by atoms with Gasteiger partial charge in [0, 0.05) is 17.6 Å². The number of nitrogens with zero attached hydrogens (tertiary/aromatic N) is 2. The van der Waals surface area contributed by atoms with E-state index in [0.717, 1.165) is 5.69 Å². The molecule has 1 unspecified atom stereocenters. The Morgan fingerprint density at radius 3 is 3.06 bits per heavy atom. The Hall–Kier alpha value is -1.73. The van der Waals surface area contributed by atoms with Crippen LogP contribution in [0.15, 0.2) is 17.6 Å². The van der Waals surface area contributed by atoms with Crippen molar-refractivity contribution in [3.05, 3.63) is 29.0 Å². The lowest BCUT2D eigenvalue weighted by molar-refractivity contribution is 0.102. The summed E-state index contributed by atoms with van der Waals surface area (Å²) < 4.78 is 0. The molecule has 90 valence electrons. The van der Waals surface area contributed by atoms with E-state index in [0.29, 0.717) is 10.8 Å². The van der Waals surface area contributed by atoms with Gasteiger partial charge < -0.3 is 5.32 Å². The highest BCUT2D eigenvalue weighted by molar-refractivity contribution is 7.14. The van der Waals surface area contributed by atoms with E-state index in [1.54, 1.807) is 6.07 Å². The first-order valence-corrected chi connectivity index (χ1v) is 6.02. The highest BCUT2D eigenvalue weighted by Gasteiger charge is 2.12. The highest BCUT2D eigenvalue weighted by atomic mass is 32.1. The third kappa shape index (κ3) is 2.69. The maximum atomic E-state index is 11.7. The number of hydrogen-bond donors (Lipinski definition) is 3. The molecule has 2 aromatic heterocycles. The largest absolute Gasteiger partial charge is 0.312 e. The smallest absolute Gasteiger partial charge is 0.275 e. The Morgan fingerprint density at radius 1 is 1.59 bits per heavy atom. The second kappa shape index (κ2) is 5.07. The summed E-state index contributed by atoms with van der Waals surface area (Å²) in [5.74, 6) is -0.236. The SMILES string of the molecule is CNC(C)c1csc(NC(=O)c2ccn[nH]2)n1. The first kappa shape index (κ1) is 11.7. The van der Waals surface area contributed by atoms with Gasteiger partial charge in [0.05, 0.1) is 5.69 Å². The lowest BCUT2D eigenvalue weighted by Crippen LogP contribution is -2.14. The van der Waals surface area contributed by atoms with Gasteiger partial charge >= 0.3 is 0 Å². The Labute approximate surface area is 102 Å². The van der Waals surface area contributed by atoms with Crippen molar-refractivity contribution in [2.75, 3.05) is 12.4 Å². The number of carbonyl (C=O) groups excluding carboxylic acids is 1. The molecule has 0 bridgehead atoms. The summed E-state index contributed by atoms with van der Waals surface area (Å²) in [5, 5.41) is 14.6. The summed E-state index contributed by atoms with van der Waals surface area (Å²) in [6.45, 7) is 2.01. The van der Waals surface area contributed by atoms with E-state index in [9.17, 15) is 4.79 Å². The molecule has 0 aliphatic rings. The Bertz CT molecular complexity index is 493. The van der Waals surface area contributed by atoms with Crippen LogP contribution in [0, 0.1) is 0 Å². The number of carbonyl (C=O) groups is 1. The number of hydrogen-bond acceptors (Lipinski definition) is 5. The van der Waals surface area contributed by atoms with Crippen molar-refractivity contribution in [2.24, 2.45) is 0 Å². The molecule has 0 aromatic carbocycles. The second-order valence-electron chi connectivity index (χ2n) is 3.51. The standard InChI is InChI=1S/C10H13N5OS/c1-6(11-2)8-5-17-10(13-8)14-9(16)7-3-4-12-15-7/h3-6,11H,1-2H3,(H,12,15)(H,13,14,16). The van der Waals surface area contributed by atoms with Crippen LogP contribution in [0.3, 0.4) is 0 Å². The summed E-state index contributed by atoms with van der Waals surface area (Å²) >= 11 is 1.40. The Morgan fingerprint density at radius 2 is 2.41 bits per heavy atom. The minimum Gasteiger partial charge on any atom is -0.312 e. The van der Waals surface area contributed by atoms with Crippen LogP contribution >= 0.6 is 11.3 Å². The molecule has 6 nitrogen and oxygen atoms in total. The van der Waals surface area contributed by atoms with Gasteiger partial charge in [0.15, 0.2) is 5.13 Å². The molecule has 0 aliphatic heterocycles. The fraction of sp³-hybridized carbons (Fsp3) is 0.300. The lowest BCUT2D eigenvalue weighted by atomic mass is 10.3. The number of anilines is 1. The molecule has 0 spiro atoms. The number of rotatable bonds is 4. The molecular weight excluding hydrogens is 238 g/mol. The third-order valence-electron chi connectivity index (χ3n) is 2.36. The zero-order valence-corrected chi connectivity index (χ0v) is 10.3. The van der Waals surface area contributed by atoms with Gasteiger partial charge in [0.25, 0.3) is 5.91 Å². The van der Waals surface area contributed by atoms with Crippen LogP contribution in [0.4, 0.5) is 5.13 Å². The van der Waals surface area contributed by atoms with E-state index >= 15 is 0 Å². The first-order chi connectivity index (χ1) is 8.20. The number of aromatic nitrogens is 3. The number of amides is 1. The lowest BCUT2D eigenvalue weighted by Gasteiger charge is -2.04. The minimum absolute atomic E-state index is 0.170. The van der Waals surface area contributed by atoms with Gasteiger partial charge in [0.1, 0.15) is 5.69 Å². The van der Waals surface area contributed by atoms with Crippen molar-refractivity contribution in [2.45, 2.75) is 13.0 Å². The van der Waals surface area contributed by atoms with Crippen molar-refractivity contribution in [3.8, 4) is 0 Å². The van der Waals surface area contributed by atoms with E-state index in [2.05, 4.69) is 25.8 Å². The molecule has 0 aliphatic carbocycles. The molecule has 3 N–H and O–H groups in total.